The van der Waals surface area contributed by atoms with Crippen LogP contribution in [-0.4, -0.2) is 54.4 Å². The van der Waals surface area contributed by atoms with Gasteiger partial charge in [0, 0.05) is 13.6 Å². The van der Waals surface area contributed by atoms with Crippen LogP contribution in [0, 0.1) is 5.82 Å². The van der Waals surface area contributed by atoms with Crippen molar-refractivity contribution in [2.75, 3.05) is 30.5 Å². The first kappa shape index (κ1) is 20.7. The quantitative estimate of drug-likeness (QED) is 0.824. The Morgan fingerprint density at radius 1 is 1.50 bits per heavy atom. The molecule has 1 aromatic carbocycles. The lowest BCUT2D eigenvalue weighted by Gasteiger charge is -2.26. The number of carbonyl (C=O) groups excluding carboxylic acids is 2. The Labute approximate surface area is 152 Å². The van der Waals surface area contributed by atoms with Crippen molar-refractivity contribution in [2.24, 2.45) is 5.73 Å². The third-order valence-corrected chi connectivity index (χ3v) is 4.73. The minimum Gasteiger partial charge on any atom is -0.332 e. The Hall–Kier alpha value is -1.31. The van der Waals surface area contributed by atoms with Crippen molar-refractivity contribution in [1.29, 1.82) is 0 Å². The van der Waals surface area contributed by atoms with Gasteiger partial charge in [0.25, 0.3) is 0 Å². The Kier molecular flexibility index (Phi) is 7.99. The number of benzene rings is 1. The second kappa shape index (κ2) is 9.25. The third kappa shape index (κ3) is 4.40. The highest BCUT2D eigenvalue weighted by atomic mass is 35.5. The highest BCUT2D eigenvalue weighted by Gasteiger charge is 2.38. The summed E-state index contributed by atoms with van der Waals surface area (Å²) in [6, 6.07) is 4.97. The molecule has 1 aliphatic heterocycles. The SMILES string of the molecule is CSCC[C@H](N)C(=O)N(C)C1CCN(c2ccccc2F)C1=O.Cl. The van der Waals surface area contributed by atoms with Crippen molar-refractivity contribution in [2.45, 2.75) is 24.9 Å². The zero-order valence-electron chi connectivity index (χ0n) is 13.8. The first-order valence-corrected chi connectivity index (χ1v) is 8.93. The lowest BCUT2D eigenvalue weighted by molar-refractivity contribution is -0.137. The third-order valence-electron chi connectivity index (χ3n) is 4.09. The van der Waals surface area contributed by atoms with E-state index in [1.807, 2.05) is 6.26 Å². The molecule has 2 N–H and O–H groups in total. The van der Waals surface area contributed by atoms with Gasteiger partial charge in [-0.2, -0.15) is 11.8 Å². The summed E-state index contributed by atoms with van der Waals surface area (Å²) in [4.78, 5) is 27.7. The molecule has 1 aromatic rings. The summed E-state index contributed by atoms with van der Waals surface area (Å²) in [5, 5.41) is 0. The zero-order chi connectivity index (χ0) is 17.0. The number of thioether (sulfide) groups is 1. The monoisotopic (exact) mass is 375 g/mol. The van der Waals surface area contributed by atoms with E-state index in [1.54, 1.807) is 37.0 Å². The van der Waals surface area contributed by atoms with Gasteiger partial charge in [0.05, 0.1) is 11.7 Å². The molecule has 0 radical (unpaired) electrons. The highest BCUT2D eigenvalue weighted by Crippen LogP contribution is 2.26. The molecule has 0 spiro atoms. The van der Waals surface area contributed by atoms with Gasteiger partial charge >= 0.3 is 0 Å². The molecule has 0 saturated carbocycles. The van der Waals surface area contributed by atoms with Crippen LogP contribution in [-0.2, 0) is 9.59 Å². The fourth-order valence-electron chi connectivity index (χ4n) is 2.72. The van der Waals surface area contributed by atoms with Crippen LogP contribution in [0.4, 0.5) is 10.1 Å². The maximum absolute atomic E-state index is 13.9. The Morgan fingerprint density at radius 2 is 2.17 bits per heavy atom. The number of amides is 2. The summed E-state index contributed by atoms with van der Waals surface area (Å²) in [6.07, 6.45) is 3.00. The van der Waals surface area contributed by atoms with Crippen LogP contribution in [0.3, 0.4) is 0 Å². The molecule has 24 heavy (non-hydrogen) atoms. The van der Waals surface area contributed by atoms with Crippen LogP contribution in [0.25, 0.3) is 0 Å². The minimum atomic E-state index is -0.609. The first-order valence-electron chi connectivity index (χ1n) is 7.54. The van der Waals surface area contributed by atoms with E-state index in [0.717, 1.165) is 5.75 Å². The molecule has 2 amide bonds. The Morgan fingerprint density at radius 3 is 2.79 bits per heavy atom. The Balaban J connectivity index is 0.00000288. The number of rotatable bonds is 6. The molecule has 134 valence electrons. The summed E-state index contributed by atoms with van der Waals surface area (Å²) in [5.41, 5.74) is 6.15. The molecule has 5 nitrogen and oxygen atoms in total. The number of para-hydroxylation sites is 1. The maximum atomic E-state index is 13.9. The van der Waals surface area contributed by atoms with Crippen molar-refractivity contribution in [1.82, 2.24) is 4.90 Å². The summed E-state index contributed by atoms with van der Waals surface area (Å²) >= 11 is 1.62. The normalized spacial score (nSPS) is 18.2. The van der Waals surface area contributed by atoms with Crippen LogP contribution in [0.15, 0.2) is 24.3 Å². The molecule has 2 rings (SSSR count). The van der Waals surface area contributed by atoms with Gasteiger partial charge in [0.2, 0.25) is 11.8 Å². The van der Waals surface area contributed by atoms with Crippen LogP contribution in [0.2, 0.25) is 0 Å². The van der Waals surface area contributed by atoms with Crippen molar-refractivity contribution >= 4 is 41.7 Å². The summed E-state index contributed by atoms with van der Waals surface area (Å²) in [5.74, 6) is -0.149. The number of halogens is 2. The van der Waals surface area contributed by atoms with Gasteiger partial charge in [-0.25, -0.2) is 4.39 Å². The topological polar surface area (TPSA) is 66.6 Å². The lowest BCUT2D eigenvalue weighted by atomic mass is 10.1. The van der Waals surface area contributed by atoms with Crippen LogP contribution < -0.4 is 10.6 Å². The zero-order valence-corrected chi connectivity index (χ0v) is 15.4. The largest absolute Gasteiger partial charge is 0.332 e. The molecular formula is C16H23ClFN3O2S. The van der Waals surface area contributed by atoms with E-state index in [-0.39, 0.29) is 29.9 Å². The van der Waals surface area contributed by atoms with Crippen molar-refractivity contribution in [3.8, 4) is 0 Å². The number of anilines is 1. The molecule has 1 unspecified atom stereocenters. The van der Waals surface area contributed by atoms with E-state index in [9.17, 15) is 14.0 Å². The van der Waals surface area contributed by atoms with E-state index >= 15 is 0 Å². The van der Waals surface area contributed by atoms with Crippen LogP contribution >= 0.6 is 24.2 Å². The molecule has 1 aliphatic rings. The van der Waals surface area contributed by atoms with E-state index in [0.29, 0.717) is 19.4 Å². The average Bonchev–Trinajstić information content (AvgIpc) is 2.93. The summed E-state index contributed by atoms with van der Waals surface area (Å²) in [7, 11) is 1.59. The van der Waals surface area contributed by atoms with Gasteiger partial charge < -0.3 is 15.5 Å². The molecule has 1 heterocycles. The number of nitrogens with zero attached hydrogens (tertiary/aromatic N) is 2. The number of nitrogens with two attached hydrogens (primary N) is 1. The van der Waals surface area contributed by atoms with Gasteiger partial charge in [-0.1, -0.05) is 12.1 Å². The first-order chi connectivity index (χ1) is 11.0. The van der Waals surface area contributed by atoms with E-state index in [4.69, 9.17) is 5.73 Å². The van der Waals surface area contributed by atoms with Gasteiger partial charge in [-0.05, 0) is 37.0 Å². The predicted octanol–water partition coefficient (Wildman–Crippen LogP) is 1.89. The minimum absolute atomic E-state index is 0. The van der Waals surface area contributed by atoms with Crippen molar-refractivity contribution in [3.63, 3.8) is 0 Å². The van der Waals surface area contributed by atoms with E-state index in [1.165, 1.54) is 15.9 Å². The van der Waals surface area contributed by atoms with E-state index in [2.05, 4.69) is 0 Å². The standard InChI is InChI=1S/C16H22FN3O2S.ClH/c1-19(15(21)12(18)8-10-23-2)14-7-9-20(16(14)22)13-6-4-3-5-11(13)17;/h3-6,12,14H,7-10,18H2,1-2H3;1H/t12-,14?;/m0./s1. The van der Waals surface area contributed by atoms with E-state index < -0.39 is 17.9 Å². The molecular weight excluding hydrogens is 353 g/mol. The van der Waals surface area contributed by atoms with Gasteiger partial charge in [-0.15, -0.1) is 12.4 Å². The Bertz CT molecular complexity index is 590. The summed E-state index contributed by atoms with van der Waals surface area (Å²) < 4.78 is 13.9. The fourth-order valence-corrected chi connectivity index (χ4v) is 3.21. The second-order valence-corrected chi connectivity index (χ2v) is 6.57. The summed E-state index contributed by atoms with van der Waals surface area (Å²) in [6.45, 7) is 0.391. The van der Waals surface area contributed by atoms with Crippen LogP contribution in [0.5, 0.6) is 0 Å². The number of carbonyl (C=O) groups is 2. The van der Waals surface area contributed by atoms with Gasteiger partial charge in [-0.3, -0.25) is 9.59 Å². The molecule has 0 bridgehead atoms. The molecule has 8 heteroatoms. The molecule has 1 saturated heterocycles. The fraction of sp³-hybridized carbons (Fsp3) is 0.500. The molecule has 1 fully saturated rings. The number of hydrogen-bond donors (Lipinski definition) is 1. The second-order valence-electron chi connectivity index (χ2n) is 5.58. The highest BCUT2D eigenvalue weighted by molar-refractivity contribution is 7.98. The van der Waals surface area contributed by atoms with Crippen molar-refractivity contribution in [3.05, 3.63) is 30.1 Å². The molecule has 0 aromatic heterocycles. The number of likely N-dealkylation sites (N-methyl/N-ethyl adjacent to an activating group) is 1. The molecule has 2 atom stereocenters. The van der Waals surface area contributed by atoms with Crippen LogP contribution in [0.1, 0.15) is 12.8 Å². The smallest absolute Gasteiger partial charge is 0.249 e. The molecule has 0 aliphatic carbocycles. The lowest BCUT2D eigenvalue weighted by Crippen LogP contribution is -2.49. The van der Waals surface area contributed by atoms with Gasteiger partial charge in [0.15, 0.2) is 0 Å². The average molecular weight is 376 g/mol. The predicted molar refractivity (Wildman–Crippen MR) is 98.2 cm³/mol. The van der Waals surface area contributed by atoms with Gasteiger partial charge in [0.1, 0.15) is 11.9 Å². The number of hydrogen-bond acceptors (Lipinski definition) is 4. The maximum Gasteiger partial charge on any atom is 0.249 e. The van der Waals surface area contributed by atoms with Crippen molar-refractivity contribution < 1.29 is 14.0 Å².